The number of amides is 1. The monoisotopic (exact) mass is 252 g/mol. The topological polar surface area (TPSA) is 73.4 Å². The van der Waals surface area contributed by atoms with Crippen LogP contribution in [0.3, 0.4) is 0 Å². The van der Waals surface area contributed by atoms with E-state index in [1.165, 1.54) is 0 Å². The minimum absolute atomic E-state index is 0.295. The largest absolute Gasteiger partial charge is 0.444 e. The van der Waals surface area contributed by atoms with Gasteiger partial charge in [-0.2, -0.15) is 5.10 Å². The maximum Gasteiger partial charge on any atom is 0.410 e. The lowest BCUT2D eigenvalue weighted by Crippen LogP contribution is -2.36. The Bertz CT molecular complexity index is 447. The third kappa shape index (κ3) is 2.75. The third-order valence-corrected chi connectivity index (χ3v) is 2.77. The number of hydrogen-bond acceptors (Lipinski definition) is 4. The van der Waals surface area contributed by atoms with Crippen LogP contribution in [-0.2, 0) is 17.8 Å². The van der Waals surface area contributed by atoms with E-state index in [9.17, 15) is 4.79 Å². The summed E-state index contributed by atoms with van der Waals surface area (Å²) in [6, 6.07) is 0. The Kier molecular flexibility index (Phi) is 3.19. The fourth-order valence-corrected chi connectivity index (χ4v) is 1.94. The van der Waals surface area contributed by atoms with Crippen molar-refractivity contribution in [3.05, 3.63) is 11.9 Å². The molecule has 2 N–H and O–H groups in total. The average Bonchev–Trinajstić information content (AvgIpc) is 2.49. The second kappa shape index (κ2) is 4.51. The van der Waals surface area contributed by atoms with E-state index in [1.54, 1.807) is 11.1 Å². The number of nitrogens with two attached hydrogens (primary N) is 1. The number of rotatable bonds is 0. The summed E-state index contributed by atoms with van der Waals surface area (Å²) in [5, 5.41) is 4.20. The SMILES string of the molecule is CC(C)(C)OC(=O)N1CCCn2ncc(N)c2C1. The molecule has 0 saturated heterocycles. The van der Waals surface area contributed by atoms with Crippen LogP contribution in [0.2, 0.25) is 0 Å². The van der Waals surface area contributed by atoms with Gasteiger partial charge in [0.1, 0.15) is 5.60 Å². The number of ether oxygens (including phenoxy) is 1. The van der Waals surface area contributed by atoms with Crippen LogP contribution in [0, 0.1) is 0 Å². The van der Waals surface area contributed by atoms with Crippen molar-refractivity contribution >= 4 is 11.8 Å². The van der Waals surface area contributed by atoms with Crippen LogP contribution in [0.1, 0.15) is 32.9 Å². The van der Waals surface area contributed by atoms with Crippen LogP contribution in [-0.4, -0.2) is 32.9 Å². The lowest BCUT2D eigenvalue weighted by atomic mass is 10.2. The quantitative estimate of drug-likeness (QED) is 0.761. The van der Waals surface area contributed by atoms with Crippen molar-refractivity contribution in [2.24, 2.45) is 0 Å². The van der Waals surface area contributed by atoms with Gasteiger partial charge in [0.25, 0.3) is 0 Å². The lowest BCUT2D eigenvalue weighted by molar-refractivity contribution is 0.0237. The highest BCUT2D eigenvalue weighted by atomic mass is 16.6. The van der Waals surface area contributed by atoms with E-state index in [2.05, 4.69) is 5.10 Å². The fraction of sp³-hybridized carbons (Fsp3) is 0.667. The van der Waals surface area contributed by atoms with Gasteiger partial charge in [-0.25, -0.2) is 4.79 Å². The summed E-state index contributed by atoms with van der Waals surface area (Å²) in [6.07, 6.45) is 2.19. The molecule has 2 rings (SSSR count). The summed E-state index contributed by atoms with van der Waals surface area (Å²) in [6.45, 7) is 7.49. The Balaban J connectivity index is 2.12. The van der Waals surface area contributed by atoms with E-state index in [0.29, 0.717) is 18.8 Å². The van der Waals surface area contributed by atoms with Crippen LogP contribution in [0.4, 0.5) is 10.5 Å². The molecule has 1 aliphatic heterocycles. The number of nitrogen functional groups attached to an aromatic ring is 1. The van der Waals surface area contributed by atoms with Crippen molar-refractivity contribution < 1.29 is 9.53 Å². The number of anilines is 1. The Morgan fingerprint density at radius 1 is 1.44 bits per heavy atom. The molecule has 0 fully saturated rings. The zero-order valence-electron chi connectivity index (χ0n) is 11.1. The number of fused-ring (bicyclic) bond motifs is 1. The van der Waals surface area contributed by atoms with Crippen LogP contribution in [0.15, 0.2) is 6.20 Å². The minimum atomic E-state index is -0.477. The Hall–Kier alpha value is -1.72. The van der Waals surface area contributed by atoms with Gasteiger partial charge in [0, 0.05) is 13.1 Å². The van der Waals surface area contributed by atoms with Crippen LogP contribution in [0.25, 0.3) is 0 Å². The number of nitrogens with zero attached hydrogens (tertiary/aromatic N) is 3. The van der Waals surface area contributed by atoms with E-state index in [1.807, 2.05) is 25.5 Å². The zero-order chi connectivity index (χ0) is 13.3. The maximum absolute atomic E-state index is 12.0. The van der Waals surface area contributed by atoms with Gasteiger partial charge in [0.05, 0.1) is 24.1 Å². The molecule has 0 spiro atoms. The summed E-state index contributed by atoms with van der Waals surface area (Å²) in [4.78, 5) is 13.7. The Morgan fingerprint density at radius 3 is 2.83 bits per heavy atom. The molecule has 6 heteroatoms. The molecule has 0 aromatic carbocycles. The molecule has 0 aliphatic carbocycles. The van der Waals surface area contributed by atoms with Gasteiger partial charge < -0.3 is 15.4 Å². The molecule has 1 aromatic heterocycles. The van der Waals surface area contributed by atoms with Gasteiger partial charge in [-0.15, -0.1) is 0 Å². The zero-order valence-corrected chi connectivity index (χ0v) is 11.1. The van der Waals surface area contributed by atoms with Crippen molar-refractivity contribution in [1.82, 2.24) is 14.7 Å². The second-order valence-electron chi connectivity index (χ2n) is 5.53. The first-order valence-corrected chi connectivity index (χ1v) is 6.15. The second-order valence-corrected chi connectivity index (χ2v) is 5.53. The lowest BCUT2D eigenvalue weighted by Gasteiger charge is -2.26. The first kappa shape index (κ1) is 12.7. The molecule has 0 radical (unpaired) electrons. The third-order valence-electron chi connectivity index (χ3n) is 2.77. The van der Waals surface area contributed by atoms with Gasteiger partial charge in [-0.1, -0.05) is 0 Å². The summed E-state index contributed by atoms with van der Waals surface area (Å²) < 4.78 is 7.24. The molecule has 0 bridgehead atoms. The van der Waals surface area contributed by atoms with E-state index in [-0.39, 0.29) is 6.09 Å². The molecule has 18 heavy (non-hydrogen) atoms. The van der Waals surface area contributed by atoms with Crippen LogP contribution < -0.4 is 5.73 Å². The molecule has 6 nitrogen and oxygen atoms in total. The van der Waals surface area contributed by atoms with Gasteiger partial charge in [-0.3, -0.25) is 4.68 Å². The molecule has 0 unspecified atom stereocenters. The van der Waals surface area contributed by atoms with Crippen molar-refractivity contribution in [3.63, 3.8) is 0 Å². The van der Waals surface area contributed by atoms with Gasteiger partial charge in [0.15, 0.2) is 0 Å². The van der Waals surface area contributed by atoms with E-state index >= 15 is 0 Å². The molecular formula is C12H20N4O2. The molecule has 100 valence electrons. The predicted molar refractivity (Wildman–Crippen MR) is 67.9 cm³/mol. The molecule has 0 atom stereocenters. The van der Waals surface area contributed by atoms with Crippen molar-refractivity contribution in [1.29, 1.82) is 0 Å². The highest BCUT2D eigenvalue weighted by Crippen LogP contribution is 2.19. The molecule has 2 heterocycles. The first-order valence-electron chi connectivity index (χ1n) is 6.15. The number of aryl methyl sites for hydroxylation is 1. The van der Waals surface area contributed by atoms with Gasteiger partial charge in [-0.05, 0) is 27.2 Å². The summed E-state index contributed by atoms with van der Waals surface area (Å²) in [5.74, 6) is 0. The first-order chi connectivity index (χ1) is 8.37. The molecular weight excluding hydrogens is 232 g/mol. The number of aromatic nitrogens is 2. The average molecular weight is 252 g/mol. The Morgan fingerprint density at radius 2 is 2.17 bits per heavy atom. The smallest absolute Gasteiger partial charge is 0.410 e. The van der Waals surface area contributed by atoms with Crippen molar-refractivity contribution in [2.45, 2.75) is 45.9 Å². The number of carbonyl (C=O) groups excluding carboxylic acids is 1. The molecule has 0 saturated carbocycles. The predicted octanol–water partition coefficient (Wildman–Crippen LogP) is 1.61. The fourth-order valence-electron chi connectivity index (χ4n) is 1.94. The Labute approximate surface area is 107 Å². The van der Waals surface area contributed by atoms with Crippen molar-refractivity contribution in [2.75, 3.05) is 12.3 Å². The standard InChI is InChI=1S/C12H20N4O2/c1-12(2,3)18-11(17)15-5-4-6-16-10(8-15)9(13)7-14-16/h7H,4-6,8,13H2,1-3H3. The minimum Gasteiger partial charge on any atom is -0.444 e. The summed E-state index contributed by atoms with van der Waals surface area (Å²) >= 11 is 0. The van der Waals surface area contributed by atoms with E-state index in [4.69, 9.17) is 10.5 Å². The van der Waals surface area contributed by atoms with Crippen LogP contribution in [0.5, 0.6) is 0 Å². The van der Waals surface area contributed by atoms with E-state index < -0.39 is 5.60 Å². The highest BCUT2D eigenvalue weighted by Gasteiger charge is 2.25. The number of carbonyl (C=O) groups is 1. The number of hydrogen-bond donors (Lipinski definition) is 1. The highest BCUT2D eigenvalue weighted by molar-refractivity contribution is 5.68. The normalized spacial score (nSPS) is 16.1. The molecule has 1 amide bonds. The molecule has 1 aliphatic rings. The molecule has 1 aromatic rings. The summed E-state index contributed by atoms with van der Waals surface area (Å²) in [5.41, 5.74) is 6.90. The van der Waals surface area contributed by atoms with Crippen LogP contribution >= 0.6 is 0 Å². The van der Waals surface area contributed by atoms with Crippen molar-refractivity contribution in [3.8, 4) is 0 Å². The summed E-state index contributed by atoms with van der Waals surface area (Å²) in [7, 11) is 0. The van der Waals surface area contributed by atoms with Gasteiger partial charge in [0.2, 0.25) is 0 Å². The van der Waals surface area contributed by atoms with E-state index in [0.717, 1.165) is 18.7 Å². The maximum atomic E-state index is 12.0. The van der Waals surface area contributed by atoms with Gasteiger partial charge >= 0.3 is 6.09 Å².